The van der Waals surface area contributed by atoms with Crippen molar-refractivity contribution >= 4 is 0 Å². The Morgan fingerprint density at radius 2 is 1.37 bits per heavy atom. The lowest BCUT2D eigenvalue weighted by Gasteiger charge is -2.23. The van der Waals surface area contributed by atoms with E-state index in [9.17, 15) is 0 Å². The van der Waals surface area contributed by atoms with Gasteiger partial charge >= 0.3 is 0 Å². The van der Waals surface area contributed by atoms with Crippen molar-refractivity contribution in [2.45, 2.75) is 47.5 Å². The maximum atomic E-state index is 3.55. The van der Waals surface area contributed by atoms with Gasteiger partial charge in [0.2, 0.25) is 0 Å². The summed E-state index contributed by atoms with van der Waals surface area (Å²) in [5.41, 5.74) is 0. The highest BCUT2D eigenvalue weighted by atomic mass is 15.1. The highest BCUT2D eigenvalue weighted by Crippen LogP contribution is 1.97. The Bertz CT molecular complexity index is 179. The summed E-state index contributed by atoms with van der Waals surface area (Å²) in [5.74, 6) is 0.809. The van der Waals surface area contributed by atoms with E-state index in [1.54, 1.807) is 0 Å². The molecule has 0 saturated heterocycles. The quantitative estimate of drug-likeness (QED) is 0.520. The second-order valence-electron chi connectivity index (χ2n) is 5.75. The van der Waals surface area contributed by atoms with Crippen LogP contribution in [0.4, 0.5) is 0 Å². The van der Waals surface area contributed by atoms with Gasteiger partial charge in [0.1, 0.15) is 0 Å². The molecule has 0 amide bonds. The molecule has 0 heterocycles. The third kappa shape index (κ3) is 11.4. The monoisotopic (exact) mass is 271 g/mol. The lowest BCUT2D eigenvalue weighted by Crippen LogP contribution is -2.35. The minimum Gasteiger partial charge on any atom is -0.315 e. The minimum absolute atomic E-state index is 0.809. The van der Waals surface area contributed by atoms with E-state index >= 15 is 0 Å². The fourth-order valence-corrected chi connectivity index (χ4v) is 2.24. The SMILES string of the molecule is CCN(CC)CCCN(CC)CCNCCC(C)C. The van der Waals surface area contributed by atoms with Crippen LogP contribution in [-0.4, -0.2) is 62.2 Å². The van der Waals surface area contributed by atoms with Crippen LogP contribution in [0.1, 0.15) is 47.5 Å². The van der Waals surface area contributed by atoms with Crippen LogP contribution in [-0.2, 0) is 0 Å². The van der Waals surface area contributed by atoms with Crippen molar-refractivity contribution in [1.29, 1.82) is 0 Å². The molecule has 0 fully saturated rings. The molecule has 0 aromatic rings. The van der Waals surface area contributed by atoms with Gasteiger partial charge in [-0.2, -0.15) is 0 Å². The number of hydrogen-bond acceptors (Lipinski definition) is 3. The number of nitrogens with zero attached hydrogens (tertiary/aromatic N) is 2. The van der Waals surface area contributed by atoms with Gasteiger partial charge in [-0.05, 0) is 58.0 Å². The topological polar surface area (TPSA) is 18.5 Å². The van der Waals surface area contributed by atoms with Gasteiger partial charge in [0.15, 0.2) is 0 Å². The summed E-state index contributed by atoms with van der Waals surface area (Å²) < 4.78 is 0. The van der Waals surface area contributed by atoms with Gasteiger partial charge < -0.3 is 15.1 Å². The van der Waals surface area contributed by atoms with Crippen molar-refractivity contribution in [2.75, 3.05) is 52.4 Å². The smallest absolute Gasteiger partial charge is 0.0107 e. The molecule has 0 aliphatic carbocycles. The van der Waals surface area contributed by atoms with Crippen molar-refractivity contribution in [3.63, 3.8) is 0 Å². The average Bonchev–Trinajstić information content (AvgIpc) is 2.40. The third-order valence-electron chi connectivity index (χ3n) is 3.79. The van der Waals surface area contributed by atoms with Crippen LogP contribution in [0.5, 0.6) is 0 Å². The molecular formula is C16H37N3. The van der Waals surface area contributed by atoms with Crippen molar-refractivity contribution in [3.8, 4) is 0 Å². The summed E-state index contributed by atoms with van der Waals surface area (Å²) in [6.07, 6.45) is 2.58. The van der Waals surface area contributed by atoms with Crippen LogP contribution in [0.25, 0.3) is 0 Å². The van der Waals surface area contributed by atoms with E-state index in [1.165, 1.54) is 52.1 Å². The summed E-state index contributed by atoms with van der Waals surface area (Å²) in [4.78, 5) is 5.07. The number of likely N-dealkylation sites (N-methyl/N-ethyl adjacent to an activating group) is 1. The molecule has 116 valence electrons. The zero-order valence-electron chi connectivity index (χ0n) is 14.0. The van der Waals surface area contributed by atoms with Crippen LogP contribution in [0.3, 0.4) is 0 Å². The average molecular weight is 271 g/mol. The molecule has 0 aliphatic heterocycles. The maximum Gasteiger partial charge on any atom is 0.0107 e. The Hall–Kier alpha value is -0.120. The predicted octanol–water partition coefficient (Wildman–Crippen LogP) is 2.68. The molecule has 0 aliphatic rings. The normalized spacial score (nSPS) is 12.0. The molecule has 3 heteroatoms. The first kappa shape index (κ1) is 18.9. The largest absolute Gasteiger partial charge is 0.315 e. The zero-order chi connectivity index (χ0) is 14.5. The van der Waals surface area contributed by atoms with Crippen LogP contribution < -0.4 is 5.32 Å². The van der Waals surface area contributed by atoms with E-state index in [-0.39, 0.29) is 0 Å². The van der Waals surface area contributed by atoms with E-state index in [4.69, 9.17) is 0 Å². The molecular weight excluding hydrogens is 234 g/mol. The first-order chi connectivity index (χ1) is 9.13. The van der Waals surface area contributed by atoms with E-state index < -0.39 is 0 Å². The molecule has 0 radical (unpaired) electrons. The molecule has 0 aromatic carbocycles. The van der Waals surface area contributed by atoms with Gasteiger partial charge in [0, 0.05) is 13.1 Å². The second-order valence-corrected chi connectivity index (χ2v) is 5.75. The molecule has 3 nitrogen and oxygen atoms in total. The molecule has 0 saturated carbocycles. The lowest BCUT2D eigenvalue weighted by molar-refractivity contribution is 0.243. The summed E-state index contributed by atoms with van der Waals surface area (Å²) in [6.45, 7) is 20.8. The van der Waals surface area contributed by atoms with Crippen molar-refractivity contribution in [1.82, 2.24) is 15.1 Å². The van der Waals surface area contributed by atoms with Crippen LogP contribution in [0.2, 0.25) is 0 Å². The van der Waals surface area contributed by atoms with Gasteiger partial charge in [0.25, 0.3) is 0 Å². The Morgan fingerprint density at radius 1 is 0.789 bits per heavy atom. The maximum absolute atomic E-state index is 3.55. The fraction of sp³-hybridized carbons (Fsp3) is 1.00. The van der Waals surface area contributed by atoms with Crippen molar-refractivity contribution in [3.05, 3.63) is 0 Å². The highest BCUT2D eigenvalue weighted by Gasteiger charge is 2.04. The van der Waals surface area contributed by atoms with E-state index in [0.717, 1.165) is 19.0 Å². The molecule has 0 atom stereocenters. The summed E-state index contributed by atoms with van der Waals surface area (Å²) in [6, 6.07) is 0. The van der Waals surface area contributed by atoms with Crippen LogP contribution >= 0.6 is 0 Å². The molecule has 0 spiro atoms. The summed E-state index contributed by atoms with van der Waals surface area (Å²) in [7, 11) is 0. The van der Waals surface area contributed by atoms with Gasteiger partial charge in [-0.3, -0.25) is 0 Å². The van der Waals surface area contributed by atoms with Crippen molar-refractivity contribution < 1.29 is 0 Å². The molecule has 0 unspecified atom stereocenters. The van der Waals surface area contributed by atoms with Crippen LogP contribution in [0, 0.1) is 5.92 Å². The highest BCUT2D eigenvalue weighted by molar-refractivity contribution is 4.61. The fourth-order valence-electron chi connectivity index (χ4n) is 2.24. The first-order valence-corrected chi connectivity index (χ1v) is 8.29. The standard InChI is InChI=1S/C16H37N3/c1-6-18(7-2)13-9-14-19(8-3)15-12-17-11-10-16(4)5/h16-17H,6-15H2,1-5H3. The lowest BCUT2D eigenvalue weighted by atomic mass is 10.1. The van der Waals surface area contributed by atoms with Gasteiger partial charge in [0.05, 0.1) is 0 Å². The molecule has 1 N–H and O–H groups in total. The first-order valence-electron chi connectivity index (χ1n) is 8.29. The second kappa shape index (κ2) is 12.9. The number of hydrogen-bond donors (Lipinski definition) is 1. The molecule has 0 bridgehead atoms. The van der Waals surface area contributed by atoms with E-state index in [0.29, 0.717) is 0 Å². The van der Waals surface area contributed by atoms with Gasteiger partial charge in [-0.25, -0.2) is 0 Å². The Morgan fingerprint density at radius 3 is 1.89 bits per heavy atom. The van der Waals surface area contributed by atoms with Gasteiger partial charge in [-0.15, -0.1) is 0 Å². The minimum atomic E-state index is 0.809. The Labute approximate surface area is 121 Å². The molecule has 0 rings (SSSR count). The molecule has 0 aromatic heterocycles. The Kier molecular flexibility index (Phi) is 12.8. The van der Waals surface area contributed by atoms with Gasteiger partial charge in [-0.1, -0.05) is 34.6 Å². The predicted molar refractivity (Wildman–Crippen MR) is 86.8 cm³/mol. The van der Waals surface area contributed by atoms with E-state index in [1.807, 2.05) is 0 Å². The summed E-state index contributed by atoms with van der Waals surface area (Å²) >= 11 is 0. The van der Waals surface area contributed by atoms with Crippen molar-refractivity contribution in [2.24, 2.45) is 5.92 Å². The number of nitrogens with one attached hydrogen (secondary N) is 1. The Balaban J connectivity index is 3.54. The van der Waals surface area contributed by atoms with Crippen LogP contribution in [0.15, 0.2) is 0 Å². The number of rotatable bonds is 13. The third-order valence-corrected chi connectivity index (χ3v) is 3.79. The molecule has 19 heavy (non-hydrogen) atoms. The van der Waals surface area contributed by atoms with E-state index in [2.05, 4.69) is 49.7 Å². The zero-order valence-corrected chi connectivity index (χ0v) is 14.0. The summed E-state index contributed by atoms with van der Waals surface area (Å²) in [5, 5.41) is 3.55.